The van der Waals surface area contributed by atoms with Gasteiger partial charge in [0.1, 0.15) is 0 Å². The summed E-state index contributed by atoms with van der Waals surface area (Å²) in [6.45, 7) is 2.56. The molecule has 1 saturated carbocycles. The molecule has 1 fully saturated rings. The van der Waals surface area contributed by atoms with Crippen LogP contribution in [0.3, 0.4) is 0 Å². The Morgan fingerprint density at radius 1 is 1.26 bits per heavy atom. The van der Waals surface area contributed by atoms with Crippen molar-refractivity contribution in [2.24, 2.45) is 0 Å². The molecule has 2 heterocycles. The number of hydrogen-bond donors (Lipinski definition) is 0. The number of aromatic nitrogens is 3. The van der Waals surface area contributed by atoms with Gasteiger partial charge in [0.2, 0.25) is 5.91 Å². The van der Waals surface area contributed by atoms with Crippen LogP contribution in [0, 0.1) is 0 Å². The van der Waals surface area contributed by atoms with E-state index in [4.69, 9.17) is 0 Å². The molecule has 1 amide bonds. The second-order valence-electron chi connectivity index (χ2n) is 6.82. The normalized spacial score (nSPS) is 14.9. The highest BCUT2D eigenvalue weighted by Gasteiger charge is 2.32. The first-order valence-corrected chi connectivity index (χ1v) is 10.8. The molecule has 0 spiro atoms. The minimum Gasteiger partial charge on any atom is -0.340 e. The van der Waals surface area contributed by atoms with E-state index in [0.29, 0.717) is 12.6 Å². The van der Waals surface area contributed by atoms with Crippen LogP contribution in [0.25, 0.3) is 10.7 Å². The average molecular weight is 399 g/mol. The summed E-state index contributed by atoms with van der Waals surface area (Å²) in [7, 11) is 1.86. The molecule has 7 heteroatoms. The quantitative estimate of drug-likeness (QED) is 0.551. The van der Waals surface area contributed by atoms with Crippen LogP contribution in [0.2, 0.25) is 0 Å². The van der Waals surface area contributed by atoms with E-state index in [1.165, 1.54) is 11.8 Å². The van der Waals surface area contributed by atoms with Gasteiger partial charge in [0.25, 0.3) is 0 Å². The van der Waals surface area contributed by atoms with E-state index in [1.807, 2.05) is 50.4 Å². The minimum absolute atomic E-state index is 0.104. The number of nitrogens with zero attached hydrogens (tertiary/aromatic N) is 4. The zero-order chi connectivity index (χ0) is 18.8. The fraction of sp³-hybridized carbons (Fsp3) is 0.350. The maximum atomic E-state index is 12.8. The van der Waals surface area contributed by atoms with Crippen LogP contribution in [0.15, 0.2) is 53.0 Å². The summed E-state index contributed by atoms with van der Waals surface area (Å²) in [5.41, 5.74) is 1.13. The third-order valence-corrected chi connectivity index (χ3v) is 6.50. The third kappa shape index (κ3) is 4.09. The van der Waals surface area contributed by atoms with E-state index in [1.54, 1.807) is 16.2 Å². The zero-order valence-electron chi connectivity index (χ0n) is 15.4. The smallest absolute Gasteiger partial charge is 0.235 e. The predicted molar refractivity (Wildman–Crippen MR) is 110 cm³/mol. The Hall–Kier alpha value is -2.12. The summed E-state index contributed by atoms with van der Waals surface area (Å²) >= 11 is 3.18. The molecule has 0 aliphatic heterocycles. The maximum absolute atomic E-state index is 12.8. The van der Waals surface area contributed by atoms with Gasteiger partial charge < -0.3 is 4.90 Å². The van der Waals surface area contributed by atoms with Crippen molar-refractivity contribution in [2.75, 3.05) is 7.05 Å². The number of thiophene rings is 1. The van der Waals surface area contributed by atoms with Gasteiger partial charge in [0, 0.05) is 19.6 Å². The van der Waals surface area contributed by atoms with E-state index < -0.39 is 0 Å². The van der Waals surface area contributed by atoms with Crippen LogP contribution < -0.4 is 0 Å². The fourth-order valence-electron chi connectivity index (χ4n) is 3.05. The molecule has 0 bridgehead atoms. The molecule has 0 unspecified atom stereocenters. The van der Waals surface area contributed by atoms with E-state index in [-0.39, 0.29) is 11.2 Å². The predicted octanol–water partition coefficient (Wildman–Crippen LogP) is 4.48. The SMILES string of the molecule is C[C@@H](Sc1nnc(-c2cccs2)n1C1CC1)C(=O)N(C)Cc1ccccc1. The van der Waals surface area contributed by atoms with Crippen LogP contribution in [0.1, 0.15) is 31.4 Å². The van der Waals surface area contributed by atoms with Crippen molar-refractivity contribution in [3.05, 3.63) is 53.4 Å². The average Bonchev–Trinajstić information content (AvgIpc) is 3.20. The van der Waals surface area contributed by atoms with Crippen LogP contribution in [-0.2, 0) is 11.3 Å². The molecule has 140 valence electrons. The summed E-state index contributed by atoms with van der Waals surface area (Å²) in [6.07, 6.45) is 2.31. The lowest BCUT2D eigenvalue weighted by atomic mass is 10.2. The number of carbonyl (C=O) groups excluding carboxylic acids is 1. The van der Waals surface area contributed by atoms with Gasteiger partial charge in [0.15, 0.2) is 11.0 Å². The lowest BCUT2D eigenvalue weighted by Gasteiger charge is -2.21. The molecule has 1 aliphatic carbocycles. The first kappa shape index (κ1) is 18.3. The second kappa shape index (κ2) is 7.86. The van der Waals surface area contributed by atoms with Gasteiger partial charge in [-0.3, -0.25) is 9.36 Å². The molecule has 2 aromatic heterocycles. The summed E-state index contributed by atoms with van der Waals surface area (Å²) in [6, 6.07) is 14.6. The Bertz CT molecular complexity index is 903. The highest BCUT2D eigenvalue weighted by atomic mass is 32.2. The first-order chi connectivity index (χ1) is 13.1. The summed E-state index contributed by atoms with van der Waals surface area (Å²) < 4.78 is 2.22. The molecule has 27 heavy (non-hydrogen) atoms. The summed E-state index contributed by atoms with van der Waals surface area (Å²) in [4.78, 5) is 15.7. The molecule has 1 aliphatic rings. The molecule has 4 rings (SSSR count). The number of hydrogen-bond acceptors (Lipinski definition) is 5. The van der Waals surface area contributed by atoms with Crippen molar-refractivity contribution in [3.63, 3.8) is 0 Å². The van der Waals surface area contributed by atoms with Crippen molar-refractivity contribution in [3.8, 4) is 10.7 Å². The Kier molecular flexibility index (Phi) is 5.31. The Balaban J connectivity index is 1.48. The molecule has 1 aromatic carbocycles. The standard InChI is InChI=1S/C20H22N4OS2/c1-14(19(25)23(2)13-15-7-4-3-5-8-15)27-20-22-21-18(17-9-6-12-26-17)24(20)16-10-11-16/h3-9,12,14,16H,10-11,13H2,1-2H3/t14-/m1/s1. The molecule has 3 aromatic rings. The Labute approximate surface area is 167 Å². The number of rotatable bonds is 7. The number of thioether (sulfide) groups is 1. The third-order valence-electron chi connectivity index (χ3n) is 4.59. The van der Waals surface area contributed by atoms with Gasteiger partial charge in [-0.15, -0.1) is 21.5 Å². The Morgan fingerprint density at radius 3 is 2.70 bits per heavy atom. The van der Waals surface area contributed by atoms with Gasteiger partial charge in [-0.1, -0.05) is 48.2 Å². The van der Waals surface area contributed by atoms with Crippen molar-refractivity contribution in [1.29, 1.82) is 0 Å². The highest BCUT2D eigenvalue weighted by molar-refractivity contribution is 8.00. The number of benzene rings is 1. The lowest BCUT2D eigenvalue weighted by Crippen LogP contribution is -2.33. The van der Waals surface area contributed by atoms with Crippen LogP contribution in [-0.4, -0.2) is 37.9 Å². The van der Waals surface area contributed by atoms with Crippen LogP contribution in [0.5, 0.6) is 0 Å². The molecular weight excluding hydrogens is 376 g/mol. The van der Waals surface area contributed by atoms with Gasteiger partial charge >= 0.3 is 0 Å². The van der Waals surface area contributed by atoms with Gasteiger partial charge in [-0.25, -0.2) is 0 Å². The van der Waals surface area contributed by atoms with Gasteiger partial charge in [-0.05, 0) is 36.8 Å². The molecule has 1 atom stereocenters. The van der Waals surface area contributed by atoms with E-state index in [2.05, 4.69) is 26.2 Å². The molecule has 5 nitrogen and oxygen atoms in total. The zero-order valence-corrected chi connectivity index (χ0v) is 17.0. The topological polar surface area (TPSA) is 51.0 Å². The van der Waals surface area contributed by atoms with Crippen molar-refractivity contribution < 1.29 is 4.79 Å². The number of carbonyl (C=O) groups is 1. The number of amides is 1. The monoisotopic (exact) mass is 398 g/mol. The van der Waals surface area contributed by atoms with Gasteiger partial charge in [-0.2, -0.15) is 0 Å². The highest BCUT2D eigenvalue weighted by Crippen LogP contribution is 2.42. The summed E-state index contributed by atoms with van der Waals surface area (Å²) in [5, 5.41) is 11.5. The molecule has 0 radical (unpaired) electrons. The Morgan fingerprint density at radius 2 is 2.04 bits per heavy atom. The van der Waals surface area contributed by atoms with Crippen molar-refractivity contribution in [2.45, 2.75) is 42.8 Å². The van der Waals surface area contributed by atoms with Crippen LogP contribution >= 0.6 is 23.1 Å². The fourth-order valence-corrected chi connectivity index (χ4v) is 4.79. The maximum Gasteiger partial charge on any atom is 0.235 e. The molecule has 0 saturated heterocycles. The van der Waals surface area contributed by atoms with Crippen molar-refractivity contribution in [1.82, 2.24) is 19.7 Å². The minimum atomic E-state index is -0.211. The van der Waals surface area contributed by atoms with Crippen LogP contribution in [0.4, 0.5) is 0 Å². The van der Waals surface area contributed by atoms with Crippen molar-refractivity contribution >= 4 is 29.0 Å². The second-order valence-corrected chi connectivity index (χ2v) is 9.08. The van der Waals surface area contributed by atoms with E-state index >= 15 is 0 Å². The van der Waals surface area contributed by atoms with E-state index in [0.717, 1.165) is 34.3 Å². The summed E-state index contributed by atoms with van der Waals surface area (Å²) in [5.74, 6) is 1.03. The largest absolute Gasteiger partial charge is 0.340 e. The molecule has 0 N–H and O–H groups in total. The molecular formula is C20H22N4OS2. The lowest BCUT2D eigenvalue weighted by molar-refractivity contribution is -0.129. The van der Waals surface area contributed by atoms with E-state index in [9.17, 15) is 4.79 Å². The van der Waals surface area contributed by atoms with Gasteiger partial charge in [0.05, 0.1) is 10.1 Å². The first-order valence-electron chi connectivity index (χ1n) is 9.08.